The van der Waals surface area contributed by atoms with Crippen molar-refractivity contribution in [3.8, 4) is 22.4 Å². The van der Waals surface area contributed by atoms with Crippen molar-refractivity contribution in [1.29, 1.82) is 0 Å². The van der Waals surface area contributed by atoms with Crippen LogP contribution < -0.4 is 0 Å². The van der Waals surface area contributed by atoms with Gasteiger partial charge < -0.3 is 4.57 Å². The number of hydrogen-bond acceptors (Lipinski definition) is 1. The first-order valence-corrected chi connectivity index (χ1v) is 11.2. The predicted molar refractivity (Wildman–Crippen MR) is 124 cm³/mol. The van der Waals surface area contributed by atoms with Crippen LogP contribution in [0.3, 0.4) is 0 Å². The molecule has 0 saturated carbocycles. The molecule has 0 aliphatic carbocycles. The first-order valence-electron chi connectivity index (χ1n) is 10.4. The number of aryl methyl sites for hydroxylation is 2. The highest BCUT2D eigenvalue weighted by molar-refractivity contribution is 6.31. The van der Waals surface area contributed by atoms with E-state index in [9.17, 15) is 4.79 Å². The number of hydrogen-bond donors (Lipinski definition) is 0. The molecule has 3 heterocycles. The number of Topliss-reactive ketones (excluding diaryl/α,β-unsaturated/α-hetero) is 1. The number of carbonyl (C=O) groups excluding carboxylic acids is 1. The highest BCUT2D eigenvalue weighted by Crippen LogP contribution is 2.40. The van der Waals surface area contributed by atoms with Crippen LogP contribution >= 0.6 is 23.2 Å². The van der Waals surface area contributed by atoms with Crippen molar-refractivity contribution in [3.05, 3.63) is 76.0 Å². The number of halogens is 2. The Bertz CT molecular complexity index is 1250. The fourth-order valence-electron chi connectivity index (χ4n) is 4.61. The second-order valence-electron chi connectivity index (χ2n) is 7.81. The van der Waals surface area contributed by atoms with E-state index >= 15 is 0 Å². The van der Waals surface area contributed by atoms with Gasteiger partial charge in [0, 0.05) is 40.3 Å². The number of imidazole rings is 1. The van der Waals surface area contributed by atoms with Crippen molar-refractivity contribution in [3.63, 3.8) is 0 Å². The Hall–Kier alpha value is -2.49. The smallest absolute Gasteiger partial charge is 0.179 e. The lowest BCUT2D eigenvalue weighted by Gasteiger charge is -2.09. The Labute approximate surface area is 185 Å². The molecule has 30 heavy (non-hydrogen) atoms. The van der Waals surface area contributed by atoms with Crippen molar-refractivity contribution < 1.29 is 4.79 Å². The SMILES string of the molecule is CCC(=O)c1c(-c2ccc(Cl)cc2)c2c3n(c(-c4ccc(Cl)cc4)cn13)CCCC2. The van der Waals surface area contributed by atoms with Gasteiger partial charge in [0.25, 0.3) is 0 Å². The topological polar surface area (TPSA) is 26.4 Å². The molecule has 5 heteroatoms. The number of ketones is 1. The lowest BCUT2D eigenvalue weighted by atomic mass is 9.96. The molecule has 2 aromatic heterocycles. The molecule has 152 valence electrons. The van der Waals surface area contributed by atoms with E-state index in [1.54, 1.807) is 0 Å². The number of carbonyl (C=O) groups is 1. The Balaban J connectivity index is 1.84. The van der Waals surface area contributed by atoms with Gasteiger partial charge in [-0.05, 0) is 54.7 Å². The molecule has 0 fully saturated rings. The molecule has 0 radical (unpaired) electrons. The van der Waals surface area contributed by atoms with Crippen LogP contribution in [0, 0.1) is 0 Å². The number of rotatable bonds is 4. The minimum absolute atomic E-state index is 0.154. The summed E-state index contributed by atoms with van der Waals surface area (Å²) in [5.74, 6) is 0.154. The maximum absolute atomic E-state index is 13.2. The van der Waals surface area contributed by atoms with Crippen molar-refractivity contribution in [2.24, 2.45) is 0 Å². The summed E-state index contributed by atoms with van der Waals surface area (Å²) >= 11 is 12.2. The molecular weight excluding hydrogens is 415 g/mol. The van der Waals surface area contributed by atoms with Crippen LogP contribution in [0.5, 0.6) is 0 Å². The Morgan fingerprint density at radius 3 is 2.20 bits per heavy atom. The van der Waals surface area contributed by atoms with Gasteiger partial charge in [-0.2, -0.15) is 0 Å². The highest BCUT2D eigenvalue weighted by atomic mass is 35.5. The summed E-state index contributed by atoms with van der Waals surface area (Å²) in [7, 11) is 0. The van der Waals surface area contributed by atoms with Gasteiger partial charge in [0.1, 0.15) is 5.65 Å². The van der Waals surface area contributed by atoms with E-state index in [4.69, 9.17) is 23.2 Å². The van der Waals surface area contributed by atoms with Gasteiger partial charge in [0.05, 0.1) is 11.4 Å². The fraction of sp³-hybridized carbons (Fsp3) is 0.240. The van der Waals surface area contributed by atoms with E-state index < -0.39 is 0 Å². The van der Waals surface area contributed by atoms with E-state index in [0.717, 1.165) is 64.6 Å². The van der Waals surface area contributed by atoms with Gasteiger partial charge in [0.15, 0.2) is 5.78 Å². The molecule has 3 nitrogen and oxygen atoms in total. The standard InChI is InChI=1S/C25H22Cl2N2O/c1-2-22(30)24-23(17-8-12-19(27)13-9-17)20-5-3-4-14-28-21(15-29(24)25(20)28)16-6-10-18(26)11-7-16/h6-13,15H,2-5,14H2,1H3. The van der Waals surface area contributed by atoms with Crippen LogP contribution in [0.15, 0.2) is 54.7 Å². The number of nitrogens with zero attached hydrogens (tertiary/aromatic N) is 2. The molecule has 4 aromatic rings. The number of benzene rings is 2. The molecule has 0 saturated heterocycles. The van der Waals surface area contributed by atoms with Crippen molar-refractivity contribution in [1.82, 2.24) is 8.97 Å². The van der Waals surface area contributed by atoms with Gasteiger partial charge in [-0.25, -0.2) is 0 Å². The zero-order valence-electron chi connectivity index (χ0n) is 16.8. The molecular formula is C25H22Cl2N2O. The third-order valence-corrected chi connectivity index (χ3v) is 6.50. The third kappa shape index (κ3) is 3.08. The predicted octanol–water partition coefficient (Wildman–Crippen LogP) is 7.31. The first kappa shape index (κ1) is 19.5. The van der Waals surface area contributed by atoms with Crippen LogP contribution in [-0.2, 0) is 13.0 Å². The van der Waals surface area contributed by atoms with Crippen LogP contribution in [0.2, 0.25) is 10.0 Å². The zero-order chi connectivity index (χ0) is 20.8. The summed E-state index contributed by atoms with van der Waals surface area (Å²) in [5.41, 5.74) is 7.52. The molecule has 0 atom stereocenters. The summed E-state index contributed by atoms with van der Waals surface area (Å²) < 4.78 is 4.50. The van der Waals surface area contributed by atoms with Gasteiger partial charge in [-0.1, -0.05) is 54.4 Å². The summed E-state index contributed by atoms with van der Waals surface area (Å²) in [6, 6.07) is 15.8. The maximum Gasteiger partial charge on any atom is 0.179 e. The second kappa shape index (κ2) is 7.64. The van der Waals surface area contributed by atoms with Crippen LogP contribution in [0.1, 0.15) is 42.2 Å². The van der Waals surface area contributed by atoms with E-state index in [0.29, 0.717) is 11.4 Å². The number of aromatic nitrogens is 2. The monoisotopic (exact) mass is 436 g/mol. The van der Waals surface area contributed by atoms with E-state index in [-0.39, 0.29) is 5.78 Å². The van der Waals surface area contributed by atoms with Crippen molar-refractivity contribution >= 4 is 34.6 Å². The lowest BCUT2D eigenvalue weighted by Crippen LogP contribution is -2.03. The Morgan fingerprint density at radius 2 is 1.57 bits per heavy atom. The Morgan fingerprint density at radius 1 is 0.933 bits per heavy atom. The first-order chi connectivity index (χ1) is 14.6. The lowest BCUT2D eigenvalue weighted by molar-refractivity contribution is 0.0983. The molecule has 1 aliphatic rings. The van der Waals surface area contributed by atoms with Gasteiger partial charge in [-0.3, -0.25) is 9.20 Å². The fourth-order valence-corrected chi connectivity index (χ4v) is 4.86. The van der Waals surface area contributed by atoms with E-state index in [1.165, 1.54) is 5.56 Å². The van der Waals surface area contributed by atoms with E-state index in [2.05, 4.69) is 15.2 Å². The summed E-state index contributed by atoms with van der Waals surface area (Å²) in [6.45, 7) is 2.86. The summed E-state index contributed by atoms with van der Waals surface area (Å²) in [5, 5.41) is 1.42. The molecule has 0 spiro atoms. The molecule has 0 bridgehead atoms. The largest absolute Gasteiger partial charge is 0.325 e. The average molecular weight is 437 g/mol. The zero-order valence-corrected chi connectivity index (χ0v) is 18.3. The molecule has 2 aromatic carbocycles. The van der Waals surface area contributed by atoms with Crippen LogP contribution in [0.4, 0.5) is 0 Å². The normalized spacial score (nSPS) is 13.6. The molecule has 0 N–H and O–H groups in total. The Kier molecular flexibility index (Phi) is 4.96. The van der Waals surface area contributed by atoms with Gasteiger partial charge >= 0.3 is 0 Å². The minimum Gasteiger partial charge on any atom is -0.325 e. The van der Waals surface area contributed by atoms with Crippen molar-refractivity contribution in [2.45, 2.75) is 39.2 Å². The quantitative estimate of drug-likeness (QED) is 0.308. The van der Waals surface area contributed by atoms with Gasteiger partial charge in [-0.15, -0.1) is 0 Å². The molecule has 1 aliphatic heterocycles. The minimum atomic E-state index is 0.154. The average Bonchev–Trinajstić information content (AvgIpc) is 3.17. The molecule has 0 amide bonds. The van der Waals surface area contributed by atoms with Gasteiger partial charge in [0.2, 0.25) is 0 Å². The maximum atomic E-state index is 13.2. The summed E-state index contributed by atoms with van der Waals surface area (Å²) in [4.78, 5) is 13.2. The summed E-state index contributed by atoms with van der Waals surface area (Å²) in [6.07, 6.45) is 5.75. The molecule has 5 rings (SSSR count). The highest BCUT2D eigenvalue weighted by Gasteiger charge is 2.28. The van der Waals surface area contributed by atoms with E-state index in [1.807, 2.05) is 55.5 Å². The third-order valence-electron chi connectivity index (χ3n) is 5.99. The van der Waals surface area contributed by atoms with Crippen molar-refractivity contribution in [2.75, 3.05) is 0 Å². The second-order valence-corrected chi connectivity index (χ2v) is 8.68. The molecule has 0 unspecified atom stereocenters. The van der Waals surface area contributed by atoms with Crippen LogP contribution in [0.25, 0.3) is 28.0 Å². The van der Waals surface area contributed by atoms with Crippen LogP contribution in [-0.4, -0.2) is 14.8 Å².